The van der Waals surface area contributed by atoms with Crippen LogP contribution in [-0.4, -0.2) is 21.6 Å². The molecule has 0 radical (unpaired) electrons. The van der Waals surface area contributed by atoms with Crippen LogP contribution in [0, 0.1) is 0 Å². The quantitative estimate of drug-likeness (QED) is 0.434. The first-order valence-electron chi connectivity index (χ1n) is 10.1. The van der Waals surface area contributed by atoms with Crippen molar-refractivity contribution in [2.75, 3.05) is 5.32 Å². The Bertz CT molecular complexity index is 1260. The van der Waals surface area contributed by atoms with Gasteiger partial charge < -0.3 is 11.1 Å². The molecule has 158 valence electrons. The van der Waals surface area contributed by atoms with Crippen molar-refractivity contribution in [1.82, 2.24) is 9.78 Å². The Morgan fingerprint density at radius 1 is 0.906 bits per heavy atom. The van der Waals surface area contributed by atoms with Crippen LogP contribution in [0.25, 0.3) is 17.3 Å². The molecule has 0 aliphatic heterocycles. The number of anilines is 1. The SMILES string of the molecule is NC(=O)c1ccccc1NC(=O)/C=C/c1cn(Cc2ccccc2)nc1-c1ccccc1. The molecule has 0 saturated heterocycles. The lowest BCUT2D eigenvalue weighted by Crippen LogP contribution is -2.16. The highest BCUT2D eigenvalue weighted by molar-refractivity contribution is 6.07. The molecule has 3 N–H and O–H groups in total. The predicted molar refractivity (Wildman–Crippen MR) is 126 cm³/mol. The fourth-order valence-electron chi connectivity index (χ4n) is 3.38. The smallest absolute Gasteiger partial charge is 0.250 e. The summed E-state index contributed by atoms with van der Waals surface area (Å²) in [6, 6.07) is 26.5. The average molecular weight is 422 g/mol. The van der Waals surface area contributed by atoms with E-state index in [2.05, 4.69) is 5.32 Å². The molecule has 6 nitrogen and oxygen atoms in total. The fraction of sp³-hybridized carbons (Fsp3) is 0.0385. The Kier molecular flexibility index (Phi) is 6.22. The largest absolute Gasteiger partial charge is 0.366 e. The van der Waals surface area contributed by atoms with Crippen molar-refractivity contribution >= 4 is 23.6 Å². The monoisotopic (exact) mass is 422 g/mol. The van der Waals surface area contributed by atoms with Crippen molar-refractivity contribution in [3.8, 4) is 11.3 Å². The van der Waals surface area contributed by atoms with Crippen LogP contribution in [0.2, 0.25) is 0 Å². The number of hydrogen-bond donors (Lipinski definition) is 2. The zero-order valence-electron chi connectivity index (χ0n) is 17.3. The Hall–Kier alpha value is -4.45. The summed E-state index contributed by atoms with van der Waals surface area (Å²) >= 11 is 0. The number of para-hydroxylation sites is 1. The second-order valence-electron chi connectivity index (χ2n) is 7.21. The molecule has 0 aliphatic carbocycles. The van der Waals surface area contributed by atoms with Gasteiger partial charge in [0.05, 0.1) is 23.5 Å². The maximum absolute atomic E-state index is 12.5. The number of benzene rings is 3. The Balaban J connectivity index is 1.60. The third-order valence-electron chi connectivity index (χ3n) is 4.89. The molecule has 6 heteroatoms. The number of hydrogen-bond acceptors (Lipinski definition) is 3. The van der Waals surface area contributed by atoms with E-state index in [-0.39, 0.29) is 11.5 Å². The molecule has 4 aromatic rings. The molecule has 1 aromatic heterocycles. The van der Waals surface area contributed by atoms with Gasteiger partial charge in [0.1, 0.15) is 0 Å². The van der Waals surface area contributed by atoms with Crippen molar-refractivity contribution in [3.05, 3.63) is 114 Å². The number of aromatic nitrogens is 2. The van der Waals surface area contributed by atoms with Gasteiger partial charge in [-0.05, 0) is 23.8 Å². The Morgan fingerprint density at radius 2 is 1.56 bits per heavy atom. The lowest BCUT2D eigenvalue weighted by Gasteiger charge is -2.06. The van der Waals surface area contributed by atoms with Gasteiger partial charge in [0.2, 0.25) is 5.91 Å². The summed E-state index contributed by atoms with van der Waals surface area (Å²) < 4.78 is 1.86. The lowest BCUT2D eigenvalue weighted by atomic mass is 10.1. The number of carbonyl (C=O) groups is 2. The molecular weight excluding hydrogens is 400 g/mol. The maximum Gasteiger partial charge on any atom is 0.250 e. The topological polar surface area (TPSA) is 90.0 Å². The minimum atomic E-state index is -0.599. The van der Waals surface area contributed by atoms with Gasteiger partial charge in [0.15, 0.2) is 0 Å². The third-order valence-corrected chi connectivity index (χ3v) is 4.89. The molecule has 32 heavy (non-hydrogen) atoms. The first-order chi connectivity index (χ1) is 15.6. The molecule has 4 rings (SSSR count). The number of nitrogens with zero attached hydrogens (tertiary/aromatic N) is 2. The third kappa shape index (κ3) is 4.99. The van der Waals surface area contributed by atoms with Gasteiger partial charge in [-0.25, -0.2) is 0 Å². The van der Waals surface area contributed by atoms with E-state index in [0.29, 0.717) is 12.2 Å². The van der Waals surface area contributed by atoms with Crippen LogP contribution in [0.4, 0.5) is 5.69 Å². The number of amides is 2. The first-order valence-corrected chi connectivity index (χ1v) is 10.1. The summed E-state index contributed by atoms with van der Waals surface area (Å²) in [4.78, 5) is 24.1. The number of primary amides is 1. The van der Waals surface area contributed by atoms with Gasteiger partial charge in [-0.1, -0.05) is 72.8 Å². The van der Waals surface area contributed by atoms with Crippen molar-refractivity contribution in [1.29, 1.82) is 0 Å². The fourth-order valence-corrected chi connectivity index (χ4v) is 3.38. The van der Waals surface area contributed by atoms with Crippen molar-refractivity contribution in [2.24, 2.45) is 5.73 Å². The van der Waals surface area contributed by atoms with Crippen LogP contribution in [0.5, 0.6) is 0 Å². The van der Waals surface area contributed by atoms with Gasteiger partial charge in [0, 0.05) is 23.4 Å². The summed E-state index contributed by atoms with van der Waals surface area (Å²) in [6.07, 6.45) is 5.06. The first kappa shape index (κ1) is 20.8. The summed E-state index contributed by atoms with van der Waals surface area (Å²) in [5.41, 5.74) is 9.70. The van der Waals surface area contributed by atoms with Gasteiger partial charge in [-0.15, -0.1) is 0 Å². The van der Waals surface area contributed by atoms with Crippen LogP contribution in [0.15, 0.2) is 97.2 Å². The number of rotatable bonds is 7. The van der Waals surface area contributed by atoms with Gasteiger partial charge in [0.25, 0.3) is 5.91 Å². The van der Waals surface area contributed by atoms with E-state index in [4.69, 9.17) is 10.8 Å². The van der Waals surface area contributed by atoms with E-state index in [1.807, 2.05) is 71.5 Å². The minimum Gasteiger partial charge on any atom is -0.366 e. The summed E-state index contributed by atoms with van der Waals surface area (Å²) in [5, 5.41) is 7.46. The number of nitrogens with two attached hydrogens (primary N) is 1. The van der Waals surface area contributed by atoms with E-state index in [1.165, 1.54) is 6.08 Å². The molecule has 2 amide bonds. The van der Waals surface area contributed by atoms with E-state index < -0.39 is 5.91 Å². The van der Waals surface area contributed by atoms with Crippen LogP contribution < -0.4 is 11.1 Å². The van der Waals surface area contributed by atoms with Crippen LogP contribution >= 0.6 is 0 Å². The maximum atomic E-state index is 12.5. The van der Waals surface area contributed by atoms with Crippen molar-refractivity contribution in [3.63, 3.8) is 0 Å². The standard InChI is InChI=1S/C26H22N4O2/c27-26(32)22-13-7-8-14-23(22)28-24(31)16-15-21-18-30(17-19-9-3-1-4-10-19)29-25(21)20-11-5-2-6-12-20/h1-16,18H,17H2,(H2,27,32)(H,28,31)/b16-15+. The van der Waals surface area contributed by atoms with Crippen LogP contribution in [-0.2, 0) is 11.3 Å². The molecule has 3 aromatic carbocycles. The molecule has 0 atom stereocenters. The van der Waals surface area contributed by atoms with E-state index in [9.17, 15) is 9.59 Å². The second kappa shape index (κ2) is 9.57. The van der Waals surface area contributed by atoms with E-state index in [0.717, 1.165) is 22.4 Å². The van der Waals surface area contributed by atoms with Crippen LogP contribution in [0.3, 0.4) is 0 Å². The van der Waals surface area contributed by atoms with E-state index >= 15 is 0 Å². The molecule has 0 saturated carbocycles. The molecule has 0 aliphatic rings. The van der Waals surface area contributed by atoms with Gasteiger partial charge in [-0.2, -0.15) is 5.10 Å². The van der Waals surface area contributed by atoms with Crippen molar-refractivity contribution < 1.29 is 9.59 Å². The molecular formula is C26H22N4O2. The summed E-state index contributed by atoms with van der Waals surface area (Å²) in [5.74, 6) is -0.966. The molecule has 0 unspecified atom stereocenters. The van der Waals surface area contributed by atoms with Gasteiger partial charge >= 0.3 is 0 Å². The highest BCUT2D eigenvalue weighted by atomic mass is 16.2. The van der Waals surface area contributed by atoms with E-state index in [1.54, 1.807) is 30.3 Å². The average Bonchev–Trinajstić information content (AvgIpc) is 3.22. The molecule has 0 bridgehead atoms. The second-order valence-corrected chi connectivity index (χ2v) is 7.21. The minimum absolute atomic E-state index is 0.259. The normalized spacial score (nSPS) is 10.9. The highest BCUT2D eigenvalue weighted by Crippen LogP contribution is 2.24. The zero-order valence-corrected chi connectivity index (χ0v) is 17.3. The van der Waals surface area contributed by atoms with Gasteiger partial charge in [-0.3, -0.25) is 14.3 Å². The lowest BCUT2D eigenvalue weighted by molar-refractivity contribution is -0.111. The van der Waals surface area contributed by atoms with Crippen LogP contribution in [0.1, 0.15) is 21.5 Å². The van der Waals surface area contributed by atoms with Crippen molar-refractivity contribution in [2.45, 2.75) is 6.54 Å². The number of nitrogens with one attached hydrogen (secondary N) is 1. The molecule has 1 heterocycles. The molecule has 0 spiro atoms. The Labute approximate surface area is 186 Å². The Morgan fingerprint density at radius 3 is 2.28 bits per heavy atom. The number of carbonyl (C=O) groups excluding carboxylic acids is 2. The predicted octanol–water partition coefficient (Wildman–Crippen LogP) is 4.35. The zero-order chi connectivity index (χ0) is 22.3. The summed E-state index contributed by atoms with van der Waals surface area (Å²) in [6.45, 7) is 0.618. The summed E-state index contributed by atoms with van der Waals surface area (Å²) in [7, 11) is 0. The highest BCUT2D eigenvalue weighted by Gasteiger charge is 2.11. The molecule has 0 fully saturated rings.